The number of rotatable bonds is 12. The van der Waals surface area contributed by atoms with Gasteiger partial charge in [-0.15, -0.1) is 0 Å². The molecule has 0 fully saturated rings. The van der Waals surface area contributed by atoms with Gasteiger partial charge < -0.3 is 31.6 Å². The molecule has 4 heterocycles. The smallest absolute Gasteiger partial charge is 0.225 e. The molecular formula is C50H44N12O2. The van der Waals surface area contributed by atoms with E-state index in [1.807, 2.05) is 143 Å². The number of hydrogen-bond acceptors (Lipinski definition) is 12. The molecule has 0 radical (unpaired) electrons. The van der Waals surface area contributed by atoms with Crippen molar-refractivity contribution in [3.63, 3.8) is 0 Å². The Morgan fingerprint density at radius 3 is 1.44 bits per heavy atom. The van der Waals surface area contributed by atoms with Gasteiger partial charge in [0.1, 0.15) is 47.3 Å². The zero-order valence-corrected chi connectivity index (χ0v) is 35.0. The number of fused-ring (bicyclic) bond motifs is 2. The molecule has 4 aromatic heterocycles. The van der Waals surface area contributed by atoms with Gasteiger partial charge in [-0.2, -0.15) is 9.97 Å². The number of aromatic nitrogens is 8. The van der Waals surface area contributed by atoms with Gasteiger partial charge >= 0.3 is 0 Å². The summed E-state index contributed by atoms with van der Waals surface area (Å²) < 4.78 is 15.8. The molecule has 316 valence electrons. The first-order valence-electron chi connectivity index (χ1n) is 20.6. The van der Waals surface area contributed by atoms with E-state index in [4.69, 9.17) is 25.9 Å². The lowest BCUT2D eigenvalue weighted by Crippen LogP contribution is -2.10. The predicted molar refractivity (Wildman–Crippen MR) is 252 cm³/mol. The number of anilines is 4. The van der Waals surface area contributed by atoms with E-state index in [1.165, 1.54) is 11.1 Å². The van der Waals surface area contributed by atoms with Crippen molar-refractivity contribution < 1.29 is 9.47 Å². The maximum Gasteiger partial charge on any atom is 0.225 e. The Morgan fingerprint density at radius 1 is 0.453 bits per heavy atom. The summed E-state index contributed by atoms with van der Waals surface area (Å²) in [7, 11) is 0. The van der Waals surface area contributed by atoms with Crippen LogP contribution >= 0.6 is 0 Å². The molecule has 0 bridgehead atoms. The van der Waals surface area contributed by atoms with Crippen molar-refractivity contribution in [1.29, 1.82) is 0 Å². The maximum atomic E-state index is 5.99. The van der Waals surface area contributed by atoms with E-state index in [9.17, 15) is 0 Å². The second-order valence-electron chi connectivity index (χ2n) is 14.9. The Hall–Kier alpha value is -8.78. The molecule has 6 aromatic carbocycles. The van der Waals surface area contributed by atoms with Crippen molar-refractivity contribution in [2.45, 2.75) is 25.9 Å². The van der Waals surface area contributed by atoms with E-state index in [1.54, 1.807) is 25.0 Å². The largest absolute Gasteiger partial charge is 0.457 e. The van der Waals surface area contributed by atoms with Crippen LogP contribution in [0.25, 0.3) is 33.7 Å². The second kappa shape index (κ2) is 18.5. The average Bonchev–Trinajstić information content (AvgIpc) is 3.96. The lowest BCUT2D eigenvalue weighted by atomic mass is 10.1. The van der Waals surface area contributed by atoms with Gasteiger partial charge in [-0.3, -0.25) is 9.13 Å². The number of nitrogens with two attached hydrogens (primary N) is 2. The third-order valence-corrected chi connectivity index (χ3v) is 10.3. The summed E-state index contributed by atoms with van der Waals surface area (Å²) in [6, 6.07) is 50.4. The molecule has 2 atom stereocenters. The summed E-state index contributed by atoms with van der Waals surface area (Å²) in [4.78, 5) is 27.2. The maximum absolute atomic E-state index is 5.99. The number of hydrogen-bond donors (Lipinski definition) is 4. The van der Waals surface area contributed by atoms with Gasteiger partial charge in [-0.25, -0.2) is 19.9 Å². The Bertz CT molecular complexity index is 3120. The van der Waals surface area contributed by atoms with Gasteiger partial charge in [0.05, 0.1) is 34.2 Å². The Kier molecular flexibility index (Phi) is 11.7. The standard InChI is InChI=1S/2C25H22N6O/c1-17(18-5-3-2-4-6-18)29-25-27-14-13-24(30-25)31-16-28-22-15-21(11-12-23(22)31)32-20-9-7-19(26)8-10-20;1-17(18-5-3-2-4-6-18)29-25-27-14-13-24(30-25)31-16-28-22-12-11-21(15-23(22)31)32-20-9-7-19(26)8-10-20/h2*2-17H,26H2,1H3,(H,27,29,30)/t2*17-/m00/s1. The molecule has 0 saturated carbocycles. The SMILES string of the molecule is C[C@H](Nc1nccc(-n2cnc3cc(Oc4ccc(N)cc4)ccc32)n1)c1ccccc1.C[C@H](Nc1nccc(-n2cnc3ccc(Oc4ccc(N)cc4)cc32)n1)c1ccccc1. The normalized spacial score (nSPS) is 11.9. The molecule has 10 aromatic rings. The molecule has 0 unspecified atom stereocenters. The quantitative estimate of drug-likeness (QED) is 0.0856. The van der Waals surface area contributed by atoms with Crippen LogP contribution in [0, 0.1) is 0 Å². The molecule has 0 aliphatic rings. The number of benzene rings is 6. The van der Waals surface area contributed by atoms with Crippen molar-refractivity contribution >= 4 is 45.3 Å². The fourth-order valence-corrected chi connectivity index (χ4v) is 6.96. The van der Waals surface area contributed by atoms with Crippen LogP contribution in [0.1, 0.15) is 37.1 Å². The molecule has 64 heavy (non-hydrogen) atoms. The van der Waals surface area contributed by atoms with Crippen LogP contribution in [0.5, 0.6) is 23.0 Å². The van der Waals surface area contributed by atoms with Gasteiger partial charge in [0, 0.05) is 35.9 Å². The summed E-state index contributed by atoms with van der Waals surface area (Å²) in [5, 5.41) is 6.73. The van der Waals surface area contributed by atoms with Crippen LogP contribution in [0.4, 0.5) is 23.3 Å². The first kappa shape index (κ1) is 40.6. The minimum Gasteiger partial charge on any atom is -0.457 e. The van der Waals surface area contributed by atoms with Gasteiger partial charge in [0.25, 0.3) is 0 Å². The van der Waals surface area contributed by atoms with Crippen LogP contribution in [0.2, 0.25) is 0 Å². The van der Waals surface area contributed by atoms with Crippen molar-refractivity contribution in [3.8, 4) is 34.6 Å². The molecule has 14 nitrogen and oxygen atoms in total. The lowest BCUT2D eigenvalue weighted by molar-refractivity contribution is 0.483. The predicted octanol–water partition coefficient (Wildman–Crippen LogP) is 10.7. The Balaban J connectivity index is 0.000000162. The summed E-state index contributed by atoms with van der Waals surface area (Å²) in [6.07, 6.45) is 6.99. The monoisotopic (exact) mass is 844 g/mol. The van der Waals surface area contributed by atoms with E-state index in [0.29, 0.717) is 40.5 Å². The third-order valence-electron chi connectivity index (χ3n) is 10.3. The van der Waals surface area contributed by atoms with Crippen LogP contribution < -0.4 is 31.6 Å². The van der Waals surface area contributed by atoms with Gasteiger partial charge in [-0.1, -0.05) is 60.7 Å². The van der Waals surface area contributed by atoms with E-state index < -0.39 is 0 Å². The van der Waals surface area contributed by atoms with Crippen LogP contribution in [-0.4, -0.2) is 39.0 Å². The molecule has 0 aliphatic heterocycles. The fraction of sp³-hybridized carbons (Fsp3) is 0.0800. The van der Waals surface area contributed by atoms with Crippen LogP contribution in [0.15, 0.2) is 183 Å². The first-order valence-corrected chi connectivity index (χ1v) is 20.6. The van der Waals surface area contributed by atoms with E-state index >= 15 is 0 Å². The van der Waals surface area contributed by atoms with E-state index in [-0.39, 0.29) is 12.1 Å². The highest BCUT2D eigenvalue weighted by Crippen LogP contribution is 2.29. The number of imidazole rings is 2. The van der Waals surface area contributed by atoms with Gasteiger partial charge in [-0.05, 0) is 110 Å². The number of ether oxygens (including phenoxy) is 2. The third kappa shape index (κ3) is 9.56. The molecule has 0 spiro atoms. The molecule has 10 rings (SSSR count). The molecule has 14 heteroatoms. The van der Waals surface area contributed by atoms with Gasteiger partial charge in [0.15, 0.2) is 0 Å². The average molecular weight is 845 g/mol. The van der Waals surface area contributed by atoms with Crippen molar-refractivity contribution in [1.82, 2.24) is 39.0 Å². The number of nitrogens with zero attached hydrogens (tertiary/aromatic N) is 8. The fourth-order valence-electron chi connectivity index (χ4n) is 6.96. The molecule has 0 saturated heterocycles. The number of nitrogens with one attached hydrogen (secondary N) is 2. The summed E-state index contributed by atoms with van der Waals surface area (Å²) in [6.45, 7) is 4.17. The van der Waals surface area contributed by atoms with E-state index in [0.717, 1.165) is 39.5 Å². The van der Waals surface area contributed by atoms with Crippen molar-refractivity contribution in [2.24, 2.45) is 0 Å². The van der Waals surface area contributed by atoms with Gasteiger partial charge in [0.2, 0.25) is 11.9 Å². The van der Waals surface area contributed by atoms with Crippen molar-refractivity contribution in [2.75, 3.05) is 22.1 Å². The summed E-state index contributed by atoms with van der Waals surface area (Å²) in [5.74, 6) is 5.40. The summed E-state index contributed by atoms with van der Waals surface area (Å²) in [5.41, 5.74) is 18.7. The molecule has 0 aliphatic carbocycles. The number of nitrogen functional groups attached to an aromatic ring is 2. The highest BCUT2D eigenvalue weighted by molar-refractivity contribution is 5.80. The minimum absolute atomic E-state index is 0.0749. The topological polar surface area (TPSA) is 182 Å². The minimum atomic E-state index is 0.0749. The molecular weight excluding hydrogens is 801 g/mol. The highest BCUT2D eigenvalue weighted by atomic mass is 16.5. The molecule has 0 amide bonds. The highest BCUT2D eigenvalue weighted by Gasteiger charge is 2.13. The second-order valence-corrected chi connectivity index (χ2v) is 14.9. The Morgan fingerprint density at radius 2 is 0.906 bits per heavy atom. The molecule has 6 N–H and O–H groups in total. The zero-order chi connectivity index (χ0) is 43.8. The zero-order valence-electron chi connectivity index (χ0n) is 35.0. The van der Waals surface area contributed by atoms with E-state index in [2.05, 4.69) is 73.7 Å². The summed E-state index contributed by atoms with van der Waals surface area (Å²) >= 11 is 0. The lowest BCUT2D eigenvalue weighted by Gasteiger charge is -2.14. The Labute approximate surface area is 369 Å². The first-order chi connectivity index (χ1) is 31.3. The van der Waals surface area contributed by atoms with Crippen LogP contribution in [-0.2, 0) is 0 Å². The van der Waals surface area contributed by atoms with Crippen LogP contribution in [0.3, 0.4) is 0 Å². The van der Waals surface area contributed by atoms with Crippen molar-refractivity contribution in [3.05, 3.63) is 194 Å².